The summed E-state index contributed by atoms with van der Waals surface area (Å²) in [7, 11) is -2.44. The maximum Gasteiger partial charge on any atom is 0.299 e. The monoisotopic (exact) mass is 630 g/mol. The molecule has 37 heavy (non-hydrogen) atoms. The second-order valence-electron chi connectivity index (χ2n) is 7.77. The molecule has 5 rings (SSSR count). The van der Waals surface area contributed by atoms with Gasteiger partial charge in [0.05, 0.1) is 19.8 Å². The van der Waals surface area contributed by atoms with E-state index < -0.39 is 32.1 Å². The maximum absolute atomic E-state index is 12.8. The van der Waals surface area contributed by atoms with E-state index >= 15 is 0 Å². The first-order valence-electron chi connectivity index (χ1n) is 10.8. The van der Waals surface area contributed by atoms with Gasteiger partial charge in [0, 0.05) is 16.7 Å². The van der Waals surface area contributed by atoms with Crippen molar-refractivity contribution >= 4 is 45.7 Å². The van der Waals surface area contributed by atoms with E-state index in [1.807, 2.05) is 12.1 Å². The Morgan fingerprint density at radius 3 is 1.54 bits per heavy atom. The fourth-order valence-electron chi connectivity index (χ4n) is 4.03. The first-order valence-corrected chi connectivity index (χ1v) is 12.3. The van der Waals surface area contributed by atoms with E-state index in [0.29, 0.717) is 0 Å². The van der Waals surface area contributed by atoms with E-state index in [1.54, 1.807) is 12.1 Å². The number of hydrogen-bond acceptors (Lipinski definition) is 6. The summed E-state index contributed by atoms with van der Waals surface area (Å²) in [6, 6.07) is 28.1. The smallest absolute Gasteiger partial charge is 0.299 e. The van der Waals surface area contributed by atoms with Crippen LogP contribution in [-0.4, -0.2) is 38.8 Å². The Morgan fingerprint density at radius 1 is 0.649 bits per heavy atom. The Hall–Kier alpha value is -3.54. The van der Waals surface area contributed by atoms with Crippen molar-refractivity contribution in [3.05, 3.63) is 113 Å². The predicted molar refractivity (Wildman–Crippen MR) is 150 cm³/mol. The standard InChI is InChI=1S/C16H12O7S.C12H10.HI/c1-22-11-7-10-12(16(15(11)23-2)24(19,20)21)14(18)9-6-4-3-5-8(9)13(10)17;1-3-7-11(8-4-1)12-9-5-2-6-10-12;/h3-7H,1-2H3,(H,19,20,21);1-10H;1H. The number of hydrogen-bond donors (Lipinski definition) is 1. The molecule has 1 aliphatic carbocycles. The van der Waals surface area contributed by atoms with Crippen LogP contribution in [0.5, 0.6) is 11.5 Å². The van der Waals surface area contributed by atoms with Crippen LogP contribution in [-0.2, 0) is 10.1 Å². The molecule has 7 nitrogen and oxygen atoms in total. The van der Waals surface area contributed by atoms with Gasteiger partial charge in [-0.1, -0.05) is 84.9 Å². The number of benzene rings is 4. The van der Waals surface area contributed by atoms with E-state index in [-0.39, 0.29) is 52.2 Å². The molecule has 0 fully saturated rings. The quantitative estimate of drug-likeness (QED) is 0.201. The molecule has 0 heterocycles. The summed E-state index contributed by atoms with van der Waals surface area (Å²) in [4.78, 5) is 24.7. The number of carbonyl (C=O) groups is 2. The lowest BCUT2D eigenvalue weighted by molar-refractivity contribution is 0.0975. The topological polar surface area (TPSA) is 107 Å². The first-order chi connectivity index (χ1) is 17.3. The third kappa shape index (κ3) is 5.58. The molecule has 0 unspecified atom stereocenters. The van der Waals surface area contributed by atoms with E-state index in [1.165, 1.54) is 43.5 Å². The normalized spacial score (nSPS) is 11.8. The summed E-state index contributed by atoms with van der Waals surface area (Å²) >= 11 is 0. The Labute approximate surface area is 231 Å². The van der Waals surface area contributed by atoms with Gasteiger partial charge in [-0.15, -0.1) is 24.0 Å². The number of methoxy groups -OCH3 is 2. The molecule has 4 aromatic rings. The SMILES string of the molecule is COc1cc2c(c(S(=O)(=O)O)c1OC)C(=O)c1ccccc1C2=O.I.c1ccc(-c2ccccc2)cc1. The van der Waals surface area contributed by atoms with Gasteiger partial charge in [-0.3, -0.25) is 14.1 Å². The highest BCUT2D eigenvalue weighted by Gasteiger charge is 2.38. The second-order valence-corrected chi connectivity index (χ2v) is 9.13. The van der Waals surface area contributed by atoms with Gasteiger partial charge in [0.1, 0.15) is 0 Å². The molecule has 0 amide bonds. The van der Waals surface area contributed by atoms with E-state index in [9.17, 15) is 22.6 Å². The zero-order valence-corrected chi connectivity index (χ0v) is 23.0. The van der Waals surface area contributed by atoms with Gasteiger partial charge in [-0.25, -0.2) is 0 Å². The summed E-state index contributed by atoms with van der Waals surface area (Å²) in [5.41, 5.74) is 2.19. The molecule has 0 bridgehead atoms. The molecular formula is C28H23IO7S. The molecule has 0 radical (unpaired) electrons. The number of halogens is 1. The van der Waals surface area contributed by atoms with Gasteiger partial charge in [0.25, 0.3) is 10.1 Å². The summed E-state index contributed by atoms with van der Waals surface area (Å²) in [5.74, 6) is -1.64. The van der Waals surface area contributed by atoms with Gasteiger partial charge >= 0.3 is 0 Å². The molecule has 0 saturated carbocycles. The zero-order chi connectivity index (χ0) is 25.9. The molecule has 0 aromatic heterocycles. The fraction of sp³-hybridized carbons (Fsp3) is 0.0714. The molecule has 1 aliphatic rings. The van der Waals surface area contributed by atoms with Crippen molar-refractivity contribution in [2.45, 2.75) is 4.90 Å². The van der Waals surface area contributed by atoms with Crippen LogP contribution in [0.25, 0.3) is 11.1 Å². The van der Waals surface area contributed by atoms with Gasteiger partial charge in [0.15, 0.2) is 28.0 Å². The van der Waals surface area contributed by atoms with Crippen LogP contribution in [0.3, 0.4) is 0 Å². The van der Waals surface area contributed by atoms with Crippen molar-refractivity contribution in [3.63, 3.8) is 0 Å². The molecule has 9 heteroatoms. The molecule has 0 saturated heterocycles. The number of ketones is 2. The molecule has 190 valence electrons. The average molecular weight is 630 g/mol. The Balaban J connectivity index is 0.000000246. The van der Waals surface area contributed by atoms with Crippen LogP contribution >= 0.6 is 24.0 Å². The highest BCUT2D eigenvalue weighted by atomic mass is 127. The van der Waals surface area contributed by atoms with Crippen LogP contribution in [0.4, 0.5) is 0 Å². The van der Waals surface area contributed by atoms with Crippen LogP contribution in [0.2, 0.25) is 0 Å². The number of rotatable bonds is 4. The predicted octanol–water partition coefficient (Wildman–Crippen LogP) is 5.70. The number of carbonyl (C=O) groups excluding carboxylic acids is 2. The fourth-order valence-corrected chi connectivity index (χ4v) is 4.91. The largest absolute Gasteiger partial charge is 0.493 e. The lowest BCUT2D eigenvalue weighted by atomic mass is 9.83. The Bertz CT molecular complexity index is 1510. The number of fused-ring (bicyclic) bond motifs is 2. The minimum absolute atomic E-state index is 0. The van der Waals surface area contributed by atoms with Crippen molar-refractivity contribution in [1.82, 2.24) is 0 Å². The molecule has 4 aromatic carbocycles. The first kappa shape index (κ1) is 28.0. The summed E-state index contributed by atoms with van der Waals surface area (Å²) in [6.07, 6.45) is 0. The zero-order valence-electron chi connectivity index (χ0n) is 19.9. The summed E-state index contributed by atoms with van der Waals surface area (Å²) in [6.45, 7) is 0. The average Bonchev–Trinajstić information content (AvgIpc) is 2.91. The van der Waals surface area contributed by atoms with Crippen LogP contribution in [0.1, 0.15) is 31.8 Å². The Kier molecular flexibility index (Phi) is 8.85. The van der Waals surface area contributed by atoms with Crippen LogP contribution < -0.4 is 9.47 Å². The van der Waals surface area contributed by atoms with Gasteiger partial charge in [0.2, 0.25) is 0 Å². The van der Waals surface area contributed by atoms with Crippen molar-refractivity contribution in [2.75, 3.05) is 14.2 Å². The van der Waals surface area contributed by atoms with Gasteiger partial charge in [-0.05, 0) is 17.2 Å². The van der Waals surface area contributed by atoms with Gasteiger partial charge in [-0.2, -0.15) is 8.42 Å². The second kappa shape index (κ2) is 11.7. The highest BCUT2D eigenvalue weighted by Crippen LogP contribution is 2.42. The lowest BCUT2D eigenvalue weighted by Crippen LogP contribution is -2.24. The molecular weight excluding hydrogens is 607 g/mol. The maximum atomic E-state index is 12.8. The minimum atomic E-state index is -4.86. The van der Waals surface area contributed by atoms with E-state index in [4.69, 9.17) is 9.47 Å². The molecule has 0 spiro atoms. The van der Waals surface area contributed by atoms with Crippen LogP contribution in [0, 0.1) is 0 Å². The van der Waals surface area contributed by atoms with Crippen molar-refractivity contribution in [1.29, 1.82) is 0 Å². The van der Waals surface area contributed by atoms with Crippen molar-refractivity contribution < 1.29 is 32.0 Å². The van der Waals surface area contributed by atoms with Gasteiger partial charge < -0.3 is 9.47 Å². The third-order valence-electron chi connectivity index (χ3n) is 5.65. The number of ether oxygens (including phenoxy) is 2. The molecule has 0 atom stereocenters. The minimum Gasteiger partial charge on any atom is -0.493 e. The lowest BCUT2D eigenvalue weighted by Gasteiger charge is -2.22. The highest BCUT2D eigenvalue weighted by molar-refractivity contribution is 14.0. The molecule has 1 N–H and O–H groups in total. The third-order valence-corrected chi connectivity index (χ3v) is 6.56. The van der Waals surface area contributed by atoms with Crippen molar-refractivity contribution in [3.8, 4) is 22.6 Å². The molecule has 0 aliphatic heterocycles. The van der Waals surface area contributed by atoms with Crippen molar-refractivity contribution in [2.24, 2.45) is 0 Å². The van der Waals surface area contributed by atoms with Crippen LogP contribution in [0.15, 0.2) is 95.9 Å². The Morgan fingerprint density at radius 2 is 1.11 bits per heavy atom. The summed E-state index contributed by atoms with van der Waals surface area (Å²) < 4.78 is 43.4. The van der Waals surface area contributed by atoms with E-state index in [2.05, 4.69) is 48.5 Å². The summed E-state index contributed by atoms with van der Waals surface area (Å²) in [5, 5.41) is 0. The van der Waals surface area contributed by atoms with E-state index in [0.717, 1.165) is 0 Å².